The van der Waals surface area contributed by atoms with Crippen molar-refractivity contribution < 1.29 is 9.47 Å². The molecule has 1 saturated heterocycles. The van der Waals surface area contributed by atoms with Crippen molar-refractivity contribution >= 4 is 17.3 Å². The van der Waals surface area contributed by atoms with Crippen LogP contribution in [-0.2, 0) is 9.47 Å². The average molecular weight is 268 g/mol. The van der Waals surface area contributed by atoms with Crippen molar-refractivity contribution in [3.05, 3.63) is 16.9 Å². The first kappa shape index (κ1) is 13.1. The topological polar surface area (TPSA) is 70.3 Å². The fourth-order valence-electron chi connectivity index (χ4n) is 1.58. The molecule has 0 bridgehead atoms. The van der Waals surface area contributed by atoms with Gasteiger partial charge in [0.1, 0.15) is 6.61 Å². The lowest BCUT2D eigenvalue weighted by atomic mass is 10.2. The molecule has 2 rings (SSSR count). The Morgan fingerprint density at radius 1 is 1.50 bits per heavy atom. The number of hydrogen-bond acceptors (Lipinski definition) is 5. The van der Waals surface area contributed by atoms with Gasteiger partial charge in [-0.3, -0.25) is 0 Å². The van der Waals surface area contributed by atoms with Gasteiger partial charge in [-0.05, 0) is 25.2 Å². The van der Waals surface area contributed by atoms with Crippen molar-refractivity contribution in [1.82, 2.24) is 10.2 Å². The number of halogens is 1. The summed E-state index contributed by atoms with van der Waals surface area (Å²) < 4.78 is 10.9. The van der Waals surface area contributed by atoms with Gasteiger partial charge in [0.2, 0.25) is 0 Å². The van der Waals surface area contributed by atoms with Gasteiger partial charge in [-0.2, -0.15) is 0 Å². The van der Waals surface area contributed by atoms with E-state index in [9.17, 15) is 0 Å². The molecule has 5 nitrogen and oxygen atoms in total. The number of anilines is 1. The van der Waals surface area contributed by atoms with Crippen LogP contribution >= 0.6 is 11.6 Å². The summed E-state index contributed by atoms with van der Waals surface area (Å²) in [6.07, 6.45) is 3.02. The Balaban J connectivity index is 1.84. The smallest absolute Gasteiger partial charge is 0.159 e. The molecule has 1 aromatic rings. The van der Waals surface area contributed by atoms with Crippen LogP contribution in [0.3, 0.4) is 0 Å². The van der Waals surface area contributed by atoms with E-state index in [1.807, 2.05) is 0 Å². The number of nitrogens with two attached hydrogens (primary N) is 1. The Morgan fingerprint density at radius 3 is 3.11 bits per heavy atom. The van der Waals surface area contributed by atoms with Gasteiger partial charge in [0, 0.05) is 12.7 Å². The highest BCUT2D eigenvalue weighted by Crippen LogP contribution is 2.13. The molecule has 0 spiro atoms. The van der Waals surface area contributed by atoms with E-state index in [4.69, 9.17) is 26.8 Å². The Morgan fingerprint density at radius 2 is 2.39 bits per heavy atom. The first-order valence-corrected chi connectivity index (χ1v) is 6.14. The van der Waals surface area contributed by atoms with Gasteiger partial charge in [0.25, 0.3) is 0 Å². The first-order valence-electron chi connectivity index (χ1n) is 5.76. The number of nitrogens with zero attached hydrogens (tertiary/aromatic N) is 2. The lowest BCUT2D eigenvalue weighted by Gasteiger charge is -2.21. The van der Waals surface area contributed by atoms with Crippen LogP contribution in [0.15, 0.2) is 6.07 Å². The normalized spacial score (nSPS) is 19.1. The summed E-state index contributed by atoms with van der Waals surface area (Å²) >= 11 is 5.64. The minimum absolute atomic E-state index is 0.137. The summed E-state index contributed by atoms with van der Waals surface area (Å²) in [7, 11) is 0. The molecule has 18 heavy (non-hydrogen) atoms. The van der Waals surface area contributed by atoms with Crippen molar-refractivity contribution in [2.75, 3.05) is 18.9 Å². The van der Waals surface area contributed by atoms with E-state index in [2.05, 4.69) is 22.0 Å². The predicted molar refractivity (Wildman–Crippen MR) is 67.9 cm³/mol. The molecule has 1 fully saturated rings. The molecule has 0 aliphatic carbocycles. The molecule has 1 aliphatic rings. The lowest BCUT2D eigenvalue weighted by Crippen LogP contribution is -2.22. The van der Waals surface area contributed by atoms with Gasteiger partial charge >= 0.3 is 0 Å². The van der Waals surface area contributed by atoms with Crippen LogP contribution in [-0.4, -0.2) is 29.7 Å². The molecule has 2 N–H and O–H groups in total. The third kappa shape index (κ3) is 3.84. The highest BCUT2D eigenvalue weighted by atomic mass is 35.5. The molecule has 0 aromatic carbocycles. The van der Waals surface area contributed by atoms with E-state index in [0.717, 1.165) is 25.9 Å². The van der Waals surface area contributed by atoms with Crippen LogP contribution in [0.25, 0.3) is 0 Å². The molecule has 0 radical (unpaired) electrons. The highest BCUT2D eigenvalue weighted by Gasteiger charge is 2.12. The van der Waals surface area contributed by atoms with Crippen LogP contribution in [0.1, 0.15) is 25.0 Å². The van der Waals surface area contributed by atoms with Crippen LogP contribution in [0, 0.1) is 11.8 Å². The summed E-state index contributed by atoms with van der Waals surface area (Å²) in [5.74, 6) is 5.62. The van der Waals surface area contributed by atoms with Gasteiger partial charge < -0.3 is 15.2 Å². The molecule has 2 heterocycles. The number of hydrogen-bond donors (Lipinski definition) is 1. The molecule has 96 valence electrons. The van der Waals surface area contributed by atoms with Crippen molar-refractivity contribution in [1.29, 1.82) is 0 Å². The Kier molecular flexibility index (Phi) is 4.76. The SMILES string of the molecule is Nc1cc(Cl)nnc1C#CCOC1CCCCO1. The summed E-state index contributed by atoms with van der Waals surface area (Å²) in [6, 6.07) is 1.52. The van der Waals surface area contributed by atoms with Crippen LogP contribution in [0.5, 0.6) is 0 Å². The van der Waals surface area contributed by atoms with Crippen molar-refractivity contribution in [2.45, 2.75) is 25.6 Å². The maximum absolute atomic E-state index is 5.69. The van der Waals surface area contributed by atoms with Gasteiger partial charge in [-0.25, -0.2) is 0 Å². The van der Waals surface area contributed by atoms with Crippen LogP contribution in [0.4, 0.5) is 5.69 Å². The molecular weight excluding hydrogens is 254 g/mol. The Hall–Kier alpha value is -1.35. The highest BCUT2D eigenvalue weighted by molar-refractivity contribution is 6.29. The molecule has 0 amide bonds. The minimum atomic E-state index is -0.137. The van der Waals surface area contributed by atoms with Gasteiger partial charge in [0.05, 0.1) is 5.69 Å². The maximum atomic E-state index is 5.69. The molecule has 6 heteroatoms. The summed E-state index contributed by atoms with van der Waals surface area (Å²) in [6.45, 7) is 1.04. The molecule has 1 aromatic heterocycles. The van der Waals surface area contributed by atoms with E-state index in [-0.39, 0.29) is 18.1 Å². The second-order valence-corrected chi connectivity index (χ2v) is 4.27. The summed E-state index contributed by atoms with van der Waals surface area (Å²) in [4.78, 5) is 0. The lowest BCUT2D eigenvalue weighted by molar-refractivity contribution is -0.154. The van der Waals surface area contributed by atoms with E-state index in [1.54, 1.807) is 0 Å². The number of aromatic nitrogens is 2. The molecule has 0 saturated carbocycles. The van der Waals surface area contributed by atoms with E-state index < -0.39 is 0 Å². The third-order valence-corrected chi connectivity index (χ3v) is 2.66. The quantitative estimate of drug-likeness (QED) is 0.825. The zero-order valence-corrected chi connectivity index (χ0v) is 10.6. The average Bonchev–Trinajstić information content (AvgIpc) is 2.38. The zero-order valence-electron chi connectivity index (χ0n) is 9.86. The second-order valence-electron chi connectivity index (χ2n) is 3.88. The largest absolute Gasteiger partial charge is 0.396 e. The number of rotatable bonds is 2. The van der Waals surface area contributed by atoms with Crippen molar-refractivity contribution in [2.24, 2.45) is 0 Å². The predicted octanol–water partition coefficient (Wildman–Crippen LogP) is 1.61. The second kappa shape index (κ2) is 6.55. The standard InChI is InChI=1S/C12H14ClN3O2/c13-11-8-9(14)10(15-16-11)4-3-7-18-12-5-1-2-6-17-12/h8,12H,1-2,5-7H2,(H2,14,16). The van der Waals surface area contributed by atoms with Crippen LogP contribution < -0.4 is 5.73 Å². The fourth-order valence-corrected chi connectivity index (χ4v) is 1.73. The summed E-state index contributed by atoms with van der Waals surface area (Å²) in [5.41, 5.74) is 6.51. The Bertz CT molecular complexity index is 464. The number of nitrogen functional groups attached to an aromatic ring is 1. The van der Waals surface area contributed by atoms with Crippen molar-refractivity contribution in [3.8, 4) is 11.8 Å². The van der Waals surface area contributed by atoms with Crippen molar-refractivity contribution in [3.63, 3.8) is 0 Å². The summed E-state index contributed by atoms with van der Waals surface area (Å²) in [5, 5.41) is 7.73. The van der Waals surface area contributed by atoms with E-state index >= 15 is 0 Å². The number of ether oxygens (including phenoxy) is 2. The first-order chi connectivity index (χ1) is 8.75. The maximum Gasteiger partial charge on any atom is 0.159 e. The zero-order chi connectivity index (χ0) is 12.8. The van der Waals surface area contributed by atoms with E-state index in [0.29, 0.717) is 11.4 Å². The van der Waals surface area contributed by atoms with Crippen LogP contribution in [0.2, 0.25) is 5.15 Å². The van der Waals surface area contributed by atoms with Gasteiger partial charge in [0.15, 0.2) is 17.1 Å². The molecule has 1 atom stereocenters. The monoisotopic (exact) mass is 267 g/mol. The fraction of sp³-hybridized carbons (Fsp3) is 0.500. The minimum Gasteiger partial charge on any atom is -0.396 e. The third-order valence-electron chi connectivity index (χ3n) is 2.48. The van der Waals surface area contributed by atoms with E-state index in [1.165, 1.54) is 6.07 Å². The van der Waals surface area contributed by atoms with Gasteiger partial charge in [-0.1, -0.05) is 17.5 Å². The van der Waals surface area contributed by atoms with Gasteiger partial charge in [-0.15, -0.1) is 10.2 Å². The molecule has 1 unspecified atom stereocenters. The molecular formula is C12H14ClN3O2. The molecule has 1 aliphatic heterocycles. The Labute approximate surface area is 111 Å².